The highest BCUT2D eigenvalue weighted by Crippen LogP contribution is 2.31. The molecule has 7 nitrogen and oxygen atoms in total. The first-order valence-corrected chi connectivity index (χ1v) is 11.0. The largest absolute Gasteiger partial charge is 0.466 e. The first-order valence-electron chi connectivity index (χ1n) is 11.0. The molecule has 1 saturated heterocycles. The lowest BCUT2D eigenvalue weighted by atomic mass is 10.1. The van der Waals surface area contributed by atoms with Gasteiger partial charge in [-0.15, -0.1) is 0 Å². The summed E-state index contributed by atoms with van der Waals surface area (Å²) in [5, 5.41) is 4.42. The summed E-state index contributed by atoms with van der Waals surface area (Å²) in [5.41, 5.74) is 2.28. The molecule has 1 amide bonds. The number of aromatic nitrogens is 1. The second-order valence-corrected chi connectivity index (χ2v) is 8.03. The fourth-order valence-electron chi connectivity index (χ4n) is 4.13. The minimum atomic E-state index is -0.391. The number of ether oxygens (including phenoxy) is 2. The molecule has 30 heavy (non-hydrogen) atoms. The molecule has 2 heterocycles. The van der Waals surface area contributed by atoms with E-state index in [-0.39, 0.29) is 11.9 Å². The molecular formula is C23H31N3O4. The van der Waals surface area contributed by atoms with E-state index in [1.165, 1.54) is 0 Å². The first kappa shape index (κ1) is 20.9. The Balaban J connectivity index is 1.50. The number of nitrogens with one attached hydrogen (secondary N) is 1. The lowest BCUT2D eigenvalue weighted by Crippen LogP contribution is -2.49. The molecule has 0 radical (unpaired) electrons. The average Bonchev–Trinajstić information content (AvgIpc) is 3.55. The van der Waals surface area contributed by atoms with Crippen molar-refractivity contribution in [3.05, 3.63) is 36.0 Å². The Morgan fingerprint density at radius 2 is 2.13 bits per heavy atom. The SMILES string of the molecule is CCOC(=O)CCCn1cc(CN(C(=O)C2CNCCO2)C2CC2)c2ccccc21. The van der Waals surface area contributed by atoms with Gasteiger partial charge in [-0.25, -0.2) is 0 Å². The van der Waals surface area contributed by atoms with Crippen LogP contribution in [-0.4, -0.2) is 59.8 Å². The fourth-order valence-corrected chi connectivity index (χ4v) is 4.13. The van der Waals surface area contributed by atoms with Crippen molar-refractivity contribution in [2.24, 2.45) is 0 Å². The lowest BCUT2D eigenvalue weighted by Gasteiger charge is -2.30. The van der Waals surface area contributed by atoms with Gasteiger partial charge in [0.15, 0.2) is 0 Å². The third kappa shape index (κ3) is 4.84. The van der Waals surface area contributed by atoms with Crippen molar-refractivity contribution in [1.82, 2.24) is 14.8 Å². The van der Waals surface area contributed by atoms with Crippen molar-refractivity contribution >= 4 is 22.8 Å². The molecule has 4 rings (SSSR count). The van der Waals surface area contributed by atoms with Crippen LogP contribution in [0.3, 0.4) is 0 Å². The molecule has 1 aliphatic heterocycles. The Labute approximate surface area is 177 Å². The number of para-hydroxylation sites is 1. The number of nitrogens with zero attached hydrogens (tertiary/aromatic N) is 2. The highest BCUT2D eigenvalue weighted by molar-refractivity contribution is 5.86. The molecule has 0 bridgehead atoms. The summed E-state index contributed by atoms with van der Waals surface area (Å²) in [7, 11) is 0. The standard InChI is InChI=1S/C23H31N3O4/c1-2-29-22(27)8-5-12-25-15-17(19-6-3-4-7-20(19)25)16-26(18-9-10-18)23(28)21-14-24-11-13-30-21/h3-4,6-7,15,18,21,24H,2,5,8-14,16H2,1H3. The van der Waals surface area contributed by atoms with Gasteiger partial charge in [0.05, 0.1) is 13.2 Å². The smallest absolute Gasteiger partial charge is 0.305 e. The van der Waals surface area contributed by atoms with Crippen molar-refractivity contribution in [3.8, 4) is 0 Å². The Morgan fingerprint density at radius 3 is 2.87 bits per heavy atom. The van der Waals surface area contributed by atoms with E-state index in [0.29, 0.717) is 38.8 Å². The minimum Gasteiger partial charge on any atom is -0.466 e. The Bertz CT molecular complexity index is 884. The van der Waals surface area contributed by atoms with Crippen LogP contribution in [0.4, 0.5) is 0 Å². The Kier molecular flexibility index (Phi) is 6.69. The van der Waals surface area contributed by atoms with Crippen molar-refractivity contribution in [2.45, 2.75) is 57.8 Å². The molecule has 1 aromatic carbocycles. The van der Waals surface area contributed by atoms with Crippen LogP contribution in [0.2, 0.25) is 0 Å². The summed E-state index contributed by atoms with van der Waals surface area (Å²) in [6.07, 6.45) is 5.00. The second-order valence-electron chi connectivity index (χ2n) is 8.03. The number of hydrogen-bond acceptors (Lipinski definition) is 5. The number of carbonyl (C=O) groups excluding carboxylic acids is 2. The fraction of sp³-hybridized carbons (Fsp3) is 0.565. The number of benzene rings is 1. The molecule has 2 aliphatic rings. The number of morpholine rings is 1. The van der Waals surface area contributed by atoms with Gasteiger partial charge >= 0.3 is 5.97 Å². The topological polar surface area (TPSA) is 72.8 Å². The predicted octanol–water partition coefficient (Wildman–Crippen LogP) is 2.46. The number of fused-ring (bicyclic) bond motifs is 1. The molecule has 1 N–H and O–H groups in total. The molecule has 1 unspecified atom stereocenters. The normalized spacial score (nSPS) is 19.0. The third-order valence-corrected chi connectivity index (χ3v) is 5.77. The van der Waals surface area contributed by atoms with E-state index < -0.39 is 6.10 Å². The maximum absolute atomic E-state index is 13.1. The summed E-state index contributed by atoms with van der Waals surface area (Å²) in [6.45, 7) is 5.53. The number of carbonyl (C=O) groups is 2. The zero-order chi connectivity index (χ0) is 20.9. The zero-order valence-corrected chi connectivity index (χ0v) is 17.6. The van der Waals surface area contributed by atoms with Crippen LogP contribution in [0.25, 0.3) is 10.9 Å². The van der Waals surface area contributed by atoms with Crippen molar-refractivity contribution in [2.75, 3.05) is 26.3 Å². The summed E-state index contributed by atoms with van der Waals surface area (Å²) >= 11 is 0. The van der Waals surface area contributed by atoms with E-state index in [1.807, 2.05) is 24.0 Å². The lowest BCUT2D eigenvalue weighted by molar-refractivity contribution is -0.146. The Morgan fingerprint density at radius 1 is 1.30 bits per heavy atom. The number of rotatable bonds is 9. The van der Waals surface area contributed by atoms with Gasteiger partial charge in [-0.3, -0.25) is 9.59 Å². The van der Waals surface area contributed by atoms with Gasteiger partial charge in [0.25, 0.3) is 5.91 Å². The average molecular weight is 414 g/mol. The maximum Gasteiger partial charge on any atom is 0.305 e. The summed E-state index contributed by atoms with van der Waals surface area (Å²) < 4.78 is 12.9. The highest BCUT2D eigenvalue weighted by atomic mass is 16.5. The van der Waals surface area contributed by atoms with Gasteiger partial charge < -0.3 is 24.3 Å². The van der Waals surface area contributed by atoms with Crippen LogP contribution < -0.4 is 5.32 Å². The summed E-state index contributed by atoms with van der Waals surface area (Å²) in [5.74, 6) is -0.0652. The molecule has 0 spiro atoms. The van der Waals surface area contributed by atoms with Crippen LogP contribution in [0.5, 0.6) is 0 Å². The molecule has 1 atom stereocenters. The van der Waals surface area contributed by atoms with E-state index >= 15 is 0 Å². The van der Waals surface area contributed by atoms with Crippen LogP contribution >= 0.6 is 0 Å². The first-order chi connectivity index (χ1) is 14.7. The molecule has 1 saturated carbocycles. The number of esters is 1. The van der Waals surface area contributed by atoms with E-state index in [9.17, 15) is 9.59 Å². The van der Waals surface area contributed by atoms with E-state index in [1.54, 1.807) is 0 Å². The van der Waals surface area contributed by atoms with Gasteiger partial charge in [-0.05, 0) is 37.8 Å². The molecule has 7 heteroatoms. The van der Waals surface area contributed by atoms with E-state index in [0.717, 1.165) is 48.8 Å². The van der Waals surface area contributed by atoms with Crippen molar-refractivity contribution in [3.63, 3.8) is 0 Å². The molecule has 2 fully saturated rings. The van der Waals surface area contributed by atoms with Crippen LogP contribution in [0.15, 0.2) is 30.5 Å². The van der Waals surface area contributed by atoms with E-state index in [2.05, 4.69) is 28.2 Å². The van der Waals surface area contributed by atoms with Crippen molar-refractivity contribution in [1.29, 1.82) is 0 Å². The van der Waals surface area contributed by atoms with Crippen LogP contribution in [-0.2, 0) is 32.2 Å². The van der Waals surface area contributed by atoms with Gasteiger partial charge in [0.2, 0.25) is 0 Å². The predicted molar refractivity (Wildman–Crippen MR) is 114 cm³/mol. The molecule has 1 aliphatic carbocycles. The van der Waals surface area contributed by atoms with Crippen molar-refractivity contribution < 1.29 is 19.1 Å². The number of aryl methyl sites for hydroxylation is 1. The molecule has 162 valence electrons. The summed E-state index contributed by atoms with van der Waals surface area (Å²) in [4.78, 5) is 26.8. The maximum atomic E-state index is 13.1. The monoisotopic (exact) mass is 413 g/mol. The van der Waals surface area contributed by atoms with Crippen LogP contribution in [0, 0.1) is 0 Å². The zero-order valence-electron chi connectivity index (χ0n) is 17.6. The van der Waals surface area contributed by atoms with Gasteiger partial charge in [-0.1, -0.05) is 18.2 Å². The Hall–Kier alpha value is -2.38. The molecule has 1 aromatic heterocycles. The number of amides is 1. The van der Waals surface area contributed by atoms with Gasteiger partial charge in [0.1, 0.15) is 6.10 Å². The van der Waals surface area contributed by atoms with Gasteiger partial charge in [0, 0.05) is 55.7 Å². The minimum absolute atomic E-state index is 0.0869. The summed E-state index contributed by atoms with van der Waals surface area (Å²) in [6, 6.07) is 8.58. The van der Waals surface area contributed by atoms with E-state index in [4.69, 9.17) is 9.47 Å². The molecular weight excluding hydrogens is 382 g/mol. The quantitative estimate of drug-likeness (QED) is 0.640. The van der Waals surface area contributed by atoms with Gasteiger partial charge in [-0.2, -0.15) is 0 Å². The third-order valence-electron chi connectivity index (χ3n) is 5.77. The number of hydrogen-bond donors (Lipinski definition) is 1. The second kappa shape index (κ2) is 9.62. The van der Waals surface area contributed by atoms with Crippen LogP contribution in [0.1, 0.15) is 38.2 Å². The molecule has 2 aromatic rings. The highest BCUT2D eigenvalue weighted by Gasteiger charge is 2.37.